The minimum atomic E-state index is -0.284. The predicted octanol–water partition coefficient (Wildman–Crippen LogP) is 4.93. The Labute approximate surface area is 111 Å². The zero-order chi connectivity index (χ0) is 13.5. The van der Waals surface area contributed by atoms with E-state index in [1.165, 1.54) is 45.3 Å². The summed E-state index contributed by atoms with van der Waals surface area (Å²) in [6.45, 7) is 3.62. The van der Waals surface area contributed by atoms with Gasteiger partial charge in [-0.25, -0.2) is 0 Å². The monoisotopic (exact) mass is 250 g/mol. The fraction of sp³-hybridized carbons (Fsp3) is 0.562. The van der Waals surface area contributed by atoms with E-state index in [0.717, 1.165) is 12.8 Å². The topological polar surface area (TPSA) is 26.3 Å². The molecule has 0 fully saturated rings. The van der Waals surface area contributed by atoms with Crippen molar-refractivity contribution in [3.63, 3.8) is 0 Å². The number of unbranched alkanes of at least 4 members (excludes halogenated alkanes) is 5. The molecule has 0 aliphatic rings. The molecule has 0 aliphatic carbocycles. The quantitative estimate of drug-likeness (QED) is 0.181. The maximum atomic E-state index is 10.4. The Balaban J connectivity index is 3.31. The van der Waals surface area contributed by atoms with E-state index < -0.39 is 0 Å². The number of hydrogen-bond donors (Lipinski definition) is 0. The van der Waals surface area contributed by atoms with Crippen molar-refractivity contribution in [1.29, 1.82) is 0 Å². The smallest absolute Gasteiger partial charge is 0.307 e. The van der Waals surface area contributed by atoms with Crippen molar-refractivity contribution in [2.75, 3.05) is 0 Å². The molecule has 2 heteroatoms. The van der Waals surface area contributed by atoms with Gasteiger partial charge in [0.05, 0.1) is 6.26 Å². The third-order valence-corrected chi connectivity index (χ3v) is 2.44. The lowest BCUT2D eigenvalue weighted by Crippen LogP contribution is -1.88. The maximum Gasteiger partial charge on any atom is 0.307 e. The van der Waals surface area contributed by atoms with E-state index in [-0.39, 0.29) is 5.97 Å². The second-order valence-electron chi connectivity index (χ2n) is 4.26. The summed E-state index contributed by atoms with van der Waals surface area (Å²) < 4.78 is 4.65. The van der Waals surface area contributed by atoms with Crippen LogP contribution in [0.1, 0.15) is 58.8 Å². The first-order chi connectivity index (χ1) is 8.77. The highest BCUT2D eigenvalue weighted by molar-refractivity contribution is 5.66. The van der Waals surface area contributed by atoms with Gasteiger partial charge in [-0.2, -0.15) is 0 Å². The average molecular weight is 250 g/mol. The molecule has 18 heavy (non-hydrogen) atoms. The normalized spacial score (nSPS) is 11.9. The molecule has 0 heterocycles. The zero-order valence-electron chi connectivity index (χ0n) is 11.7. The second kappa shape index (κ2) is 13.8. The van der Waals surface area contributed by atoms with Gasteiger partial charge in [-0.15, -0.1) is 0 Å². The van der Waals surface area contributed by atoms with Gasteiger partial charge in [0.2, 0.25) is 0 Å². The van der Waals surface area contributed by atoms with Gasteiger partial charge in [-0.3, -0.25) is 4.79 Å². The number of ether oxygens (including phenoxy) is 1. The van der Waals surface area contributed by atoms with Crippen molar-refractivity contribution in [3.05, 3.63) is 36.6 Å². The van der Waals surface area contributed by atoms with Crippen molar-refractivity contribution >= 4 is 5.97 Å². The van der Waals surface area contributed by atoms with Crippen LogP contribution in [0.15, 0.2) is 36.6 Å². The largest absolute Gasteiger partial charge is 0.435 e. The Bertz CT molecular complexity index is 275. The van der Waals surface area contributed by atoms with E-state index in [1.54, 1.807) is 6.08 Å². The van der Waals surface area contributed by atoms with E-state index in [1.807, 2.05) is 6.08 Å². The summed E-state index contributed by atoms with van der Waals surface area (Å²) in [5.74, 6) is -0.284. The molecular weight excluding hydrogens is 224 g/mol. The van der Waals surface area contributed by atoms with Crippen LogP contribution in [0.5, 0.6) is 0 Å². The maximum absolute atomic E-state index is 10.4. The highest BCUT2D eigenvalue weighted by Crippen LogP contribution is 2.02. The molecule has 0 aliphatic heterocycles. The molecule has 0 atom stereocenters. The lowest BCUT2D eigenvalue weighted by Gasteiger charge is -1.92. The van der Waals surface area contributed by atoms with Crippen molar-refractivity contribution in [2.45, 2.75) is 58.8 Å². The first-order valence-electron chi connectivity index (χ1n) is 6.91. The molecule has 0 aromatic heterocycles. The van der Waals surface area contributed by atoms with Crippen molar-refractivity contribution in [3.8, 4) is 0 Å². The second-order valence-corrected chi connectivity index (χ2v) is 4.26. The summed E-state index contributed by atoms with van der Waals surface area (Å²) in [6, 6.07) is 0. The van der Waals surface area contributed by atoms with Crippen LogP contribution in [-0.2, 0) is 9.53 Å². The van der Waals surface area contributed by atoms with Gasteiger partial charge in [0.1, 0.15) is 0 Å². The molecule has 0 unspecified atom stereocenters. The summed E-state index contributed by atoms with van der Waals surface area (Å²) in [4.78, 5) is 10.4. The number of carbonyl (C=O) groups is 1. The highest BCUT2D eigenvalue weighted by Gasteiger charge is 1.84. The third kappa shape index (κ3) is 14.7. The first kappa shape index (κ1) is 16.7. The van der Waals surface area contributed by atoms with Crippen LogP contribution in [0.25, 0.3) is 0 Å². The number of hydrogen-bond acceptors (Lipinski definition) is 2. The fourth-order valence-corrected chi connectivity index (χ4v) is 1.46. The Kier molecular flexibility index (Phi) is 12.8. The molecule has 0 radical (unpaired) electrons. The van der Waals surface area contributed by atoms with Crippen LogP contribution >= 0.6 is 0 Å². The Hall–Kier alpha value is -1.31. The van der Waals surface area contributed by atoms with E-state index in [9.17, 15) is 4.79 Å². The van der Waals surface area contributed by atoms with Gasteiger partial charge in [-0.05, 0) is 38.2 Å². The molecule has 0 saturated heterocycles. The highest BCUT2D eigenvalue weighted by atomic mass is 16.5. The van der Waals surface area contributed by atoms with Gasteiger partial charge >= 0.3 is 5.97 Å². The SMILES string of the molecule is CCCCC/C=C\CCC/C=C\C=C\OC(C)=O. The molecule has 0 aromatic carbocycles. The van der Waals surface area contributed by atoms with E-state index in [4.69, 9.17) is 0 Å². The van der Waals surface area contributed by atoms with Gasteiger partial charge in [0.25, 0.3) is 0 Å². The van der Waals surface area contributed by atoms with Crippen molar-refractivity contribution in [2.24, 2.45) is 0 Å². The summed E-state index contributed by atoms with van der Waals surface area (Å²) in [7, 11) is 0. The molecule has 0 rings (SSSR count). The van der Waals surface area contributed by atoms with Crippen LogP contribution in [0.4, 0.5) is 0 Å². The Morgan fingerprint density at radius 2 is 1.61 bits per heavy atom. The van der Waals surface area contributed by atoms with Crippen molar-refractivity contribution < 1.29 is 9.53 Å². The molecule has 0 aromatic rings. The zero-order valence-corrected chi connectivity index (χ0v) is 11.7. The van der Waals surface area contributed by atoms with Gasteiger partial charge in [-0.1, -0.05) is 44.1 Å². The minimum Gasteiger partial charge on any atom is -0.435 e. The fourth-order valence-electron chi connectivity index (χ4n) is 1.46. The number of rotatable bonds is 10. The average Bonchev–Trinajstić information content (AvgIpc) is 2.34. The Morgan fingerprint density at radius 1 is 0.944 bits per heavy atom. The summed E-state index contributed by atoms with van der Waals surface area (Å²) in [5, 5.41) is 0. The first-order valence-corrected chi connectivity index (χ1v) is 6.91. The van der Waals surface area contributed by atoms with E-state index in [2.05, 4.69) is 29.9 Å². The van der Waals surface area contributed by atoms with Gasteiger partial charge < -0.3 is 4.74 Å². The Morgan fingerprint density at radius 3 is 2.28 bits per heavy atom. The minimum absolute atomic E-state index is 0.284. The lowest BCUT2D eigenvalue weighted by molar-refractivity contribution is -0.135. The van der Waals surface area contributed by atoms with E-state index >= 15 is 0 Å². The molecular formula is C16H26O2. The van der Waals surface area contributed by atoms with Crippen LogP contribution in [0, 0.1) is 0 Å². The molecule has 0 saturated carbocycles. The third-order valence-electron chi connectivity index (χ3n) is 2.44. The molecule has 0 spiro atoms. The number of allylic oxidation sites excluding steroid dienone is 5. The molecule has 0 N–H and O–H groups in total. The molecule has 102 valence electrons. The summed E-state index contributed by atoms with van der Waals surface area (Å²) in [6.07, 6.45) is 20.2. The van der Waals surface area contributed by atoms with Crippen LogP contribution in [0.2, 0.25) is 0 Å². The van der Waals surface area contributed by atoms with Gasteiger partial charge in [0.15, 0.2) is 0 Å². The number of carbonyl (C=O) groups excluding carboxylic acids is 1. The lowest BCUT2D eigenvalue weighted by atomic mass is 10.1. The summed E-state index contributed by atoms with van der Waals surface area (Å²) in [5.41, 5.74) is 0. The standard InChI is InChI=1S/C16H26O2/c1-3-4-5-6-7-8-9-10-11-12-13-14-15-18-16(2)17/h7-8,12-15H,3-6,9-11H2,1-2H3/b8-7-,13-12-,15-14+. The van der Waals surface area contributed by atoms with Crippen LogP contribution in [-0.4, -0.2) is 5.97 Å². The van der Waals surface area contributed by atoms with E-state index in [0.29, 0.717) is 0 Å². The molecule has 2 nitrogen and oxygen atoms in total. The van der Waals surface area contributed by atoms with Crippen LogP contribution < -0.4 is 0 Å². The number of esters is 1. The molecule has 0 bridgehead atoms. The molecule has 0 amide bonds. The van der Waals surface area contributed by atoms with Gasteiger partial charge in [0, 0.05) is 6.92 Å². The van der Waals surface area contributed by atoms with Crippen molar-refractivity contribution in [1.82, 2.24) is 0 Å². The predicted molar refractivity (Wildman–Crippen MR) is 77.2 cm³/mol. The summed E-state index contributed by atoms with van der Waals surface area (Å²) >= 11 is 0. The van der Waals surface area contributed by atoms with Crippen LogP contribution in [0.3, 0.4) is 0 Å².